The first-order chi connectivity index (χ1) is 28.2. The van der Waals surface area contributed by atoms with Crippen molar-refractivity contribution in [1.29, 1.82) is 0 Å². The lowest BCUT2D eigenvalue weighted by Crippen LogP contribution is -2.02. The van der Waals surface area contributed by atoms with Crippen LogP contribution >= 0.6 is 0 Å². The molecule has 0 saturated heterocycles. The summed E-state index contributed by atoms with van der Waals surface area (Å²) in [6.45, 7) is 0. The lowest BCUT2D eigenvalue weighted by Gasteiger charge is -2.16. The fraction of sp³-hybridized carbons (Fsp3) is 0. The van der Waals surface area contributed by atoms with Crippen LogP contribution in [0.5, 0.6) is 0 Å². The van der Waals surface area contributed by atoms with E-state index in [9.17, 15) is 0 Å². The third-order valence-corrected chi connectivity index (χ3v) is 11.0. The van der Waals surface area contributed by atoms with Gasteiger partial charge < -0.3 is 4.57 Å². The van der Waals surface area contributed by atoms with Crippen LogP contribution in [0, 0.1) is 0 Å². The van der Waals surface area contributed by atoms with Crippen molar-refractivity contribution in [3.63, 3.8) is 0 Å². The highest BCUT2D eigenvalue weighted by Crippen LogP contribution is 2.38. The van der Waals surface area contributed by atoms with Crippen molar-refractivity contribution in [3.8, 4) is 62.1 Å². The van der Waals surface area contributed by atoms with Crippen molar-refractivity contribution in [1.82, 2.24) is 19.5 Å². The average Bonchev–Trinajstić information content (AvgIpc) is 3.63. The lowest BCUT2D eigenvalue weighted by atomic mass is 9.99. The molecule has 0 amide bonds. The zero-order valence-corrected chi connectivity index (χ0v) is 30.9. The highest BCUT2D eigenvalue weighted by Gasteiger charge is 2.19. The fourth-order valence-electron chi connectivity index (χ4n) is 8.19. The third-order valence-electron chi connectivity index (χ3n) is 11.0. The third kappa shape index (κ3) is 5.83. The summed E-state index contributed by atoms with van der Waals surface area (Å²) in [5.74, 6) is 1.87. The van der Waals surface area contributed by atoms with Gasteiger partial charge >= 0.3 is 0 Å². The molecule has 0 saturated carbocycles. The van der Waals surface area contributed by atoms with E-state index in [1.807, 2.05) is 0 Å². The van der Waals surface area contributed by atoms with Crippen LogP contribution in [-0.2, 0) is 0 Å². The van der Waals surface area contributed by atoms with Crippen LogP contribution in [0.15, 0.2) is 206 Å². The minimum Gasteiger partial charge on any atom is -0.309 e. The van der Waals surface area contributed by atoms with E-state index >= 15 is 0 Å². The summed E-state index contributed by atoms with van der Waals surface area (Å²) < 4.78 is 2.38. The first kappa shape index (κ1) is 32.7. The van der Waals surface area contributed by atoms with Crippen LogP contribution < -0.4 is 0 Å². The molecule has 0 bridgehead atoms. The predicted octanol–water partition coefficient (Wildman–Crippen LogP) is 13.6. The molecule has 0 N–H and O–H groups in total. The molecule has 0 aliphatic heterocycles. The maximum atomic E-state index is 5.25. The second-order valence-electron chi connectivity index (χ2n) is 14.5. The van der Waals surface area contributed by atoms with Gasteiger partial charge in [0.25, 0.3) is 0 Å². The van der Waals surface area contributed by atoms with Gasteiger partial charge in [-0.25, -0.2) is 15.0 Å². The van der Waals surface area contributed by atoms with E-state index in [1.54, 1.807) is 0 Å². The molecule has 2 heterocycles. The highest BCUT2D eigenvalue weighted by molar-refractivity contribution is 6.10. The number of hydrogen-bond donors (Lipinski definition) is 0. The molecule has 9 aromatic carbocycles. The monoisotopic (exact) mass is 726 g/mol. The standard InChI is InChI=1S/C53H34N4/c1-3-13-35(14-4-1)39-24-25-41-33-43(28-26-40(41)31-39)52-54-51(42-27-23-36-15-7-8-18-38(36)32-42)55-53(56-52)44-29-30-45(37-16-5-2-6-17-37)50(34-44)57-48-21-11-9-19-46(48)47-20-10-12-22-49(47)57/h1-34H. The number of para-hydroxylation sites is 2. The maximum absolute atomic E-state index is 5.25. The molecular formula is C53H34N4. The number of hydrogen-bond acceptors (Lipinski definition) is 3. The molecule has 4 nitrogen and oxygen atoms in total. The topological polar surface area (TPSA) is 43.6 Å². The molecule has 11 rings (SSSR count). The summed E-state index contributed by atoms with van der Waals surface area (Å²) in [6.07, 6.45) is 0. The molecule has 0 aliphatic carbocycles. The maximum Gasteiger partial charge on any atom is 0.164 e. The number of fused-ring (bicyclic) bond motifs is 5. The largest absolute Gasteiger partial charge is 0.309 e. The molecule has 266 valence electrons. The number of aromatic nitrogens is 4. The molecule has 2 aromatic heterocycles. The van der Waals surface area contributed by atoms with Gasteiger partial charge in [0.2, 0.25) is 0 Å². The Balaban J connectivity index is 1.12. The molecule has 0 unspecified atom stereocenters. The molecule has 11 aromatic rings. The Morgan fingerprint density at radius 1 is 0.281 bits per heavy atom. The van der Waals surface area contributed by atoms with Gasteiger partial charge in [0.15, 0.2) is 17.5 Å². The fourth-order valence-corrected chi connectivity index (χ4v) is 8.19. The summed E-state index contributed by atoms with van der Waals surface area (Å²) in [5, 5.41) is 7.03. The Morgan fingerprint density at radius 3 is 1.32 bits per heavy atom. The summed E-state index contributed by atoms with van der Waals surface area (Å²) in [5.41, 5.74) is 10.8. The first-order valence-corrected chi connectivity index (χ1v) is 19.3. The van der Waals surface area contributed by atoms with Gasteiger partial charge in [-0.15, -0.1) is 0 Å². The van der Waals surface area contributed by atoms with E-state index in [0.29, 0.717) is 17.5 Å². The number of nitrogens with zero attached hydrogens (tertiary/aromatic N) is 4. The van der Waals surface area contributed by atoms with Gasteiger partial charge in [-0.1, -0.05) is 170 Å². The number of rotatable bonds is 6. The average molecular weight is 727 g/mol. The Bertz CT molecular complexity index is 3240. The van der Waals surface area contributed by atoms with Gasteiger partial charge in [-0.3, -0.25) is 0 Å². The Morgan fingerprint density at radius 2 is 0.702 bits per heavy atom. The summed E-state index contributed by atoms with van der Waals surface area (Å²) in [7, 11) is 0. The van der Waals surface area contributed by atoms with Gasteiger partial charge in [0.05, 0.1) is 16.7 Å². The van der Waals surface area contributed by atoms with Gasteiger partial charge in [-0.05, 0) is 74.6 Å². The molecule has 0 atom stereocenters. The van der Waals surface area contributed by atoms with Crippen molar-refractivity contribution >= 4 is 43.4 Å². The molecule has 0 aliphatic rings. The van der Waals surface area contributed by atoms with E-state index in [-0.39, 0.29) is 0 Å². The van der Waals surface area contributed by atoms with E-state index in [0.717, 1.165) is 60.7 Å². The van der Waals surface area contributed by atoms with E-state index in [1.165, 1.54) is 27.3 Å². The molecule has 0 spiro atoms. The van der Waals surface area contributed by atoms with E-state index in [4.69, 9.17) is 15.0 Å². The Kier molecular flexibility index (Phi) is 7.78. The van der Waals surface area contributed by atoms with Crippen molar-refractivity contribution in [2.45, 2.75) is 0 Å². The lowest BCUT2D eigenvalue weighted by molar-refractivity contribution is 1.07. The summed E-state index contributed by atoms with van der Waals surface area (Å²) in [4.78, 5) is 15.7. The van der Waals surface area contributed by atoms with E-state index in [2.05, 4.69) is 211 Å². The minimum absolute atomic E-state index is 0.615. The Hall–Kier alpha value is -7.69. The second kappa shape index (κ2) is 13.6. The summed E-state index contributed by atoms with van der Waals surface area (Å²) >= 11 is 0. The summed E-state index contributed by atoms with van der Waals surface area (Å²) in [6, 6.07) is 72.9. The van der Waals surface area contributed by atoms with Crippen molar-refractivity contribution < 1.29 is 0 Å². The van der Waals surface area contributed by atoms with E-state index < -0.39 is 0 Å². The van der Waals surface area contributed by atoms with Crippen LogP contribution in [-0.4, -0.2) is 19.5 Å². The van der Waals surface area contributed by atoms with Crippen LogP contribution in [0.3, 0.4) is 0 Å². The molecule has 57 heavy (non-hydrogen) atoms. The van der Waals surface area contributed by atoms with Gasteiger partial charge in [0, 0.05) is 33.0 Å². The molecule has 0 radical (unpaired) electrons. The zero-order chi connectivity index (χ0) is 37.7. The predicted molar refractivity (Wildman–Crippen MR) is 236 cm³/mol. The van der Waals surface area contributed by atoms with Crippen LogP contribution in [0.25, 0.3) is 105 Å². The van der Waals surface area contributed by atoms with Crippen molar-refractivity contribution in [3.05, 3.63) is 206 Å². The second-order valence-corrected chi connectivity index (χ2v) is 14.5. The van der Waals surface area contributed by atoms with Crippen molar-refractivity contribution in [2.24, 2.45) is 0 Å². The smallest absolute Gasteiger partial charge is 0.164 e. The van der Waals surface area contributed by atoms with Gasteiger partial charge in [0.1, 0.15) is 0 Å². The molecule has 4 heteroatoms. The number of benzene rings is 9. The Labute approximate surface area is 330 Å². The van der Waals surface area contributed by atoms with Gasteiger partial charge in [-0.2, -0.15) is 0 Å². The minimum atomic E-state index is 0.615. The van der Waals surface area contributed by atoms with Crippen molar-refractivity contribution in [2.75, 3.05) is 0 Å². The highest BCUT2D eigenvalue weighted by atomic mass is 15.0. The van der Waals surface area contributed by atoms with Crippen LogP contribution in [0.2, 0.25) is 0 Å². The molecular weight excluding hydrogens is 693 g/mol. The normalized spacial score (nSPS) is 11.5. The quantitative estimate of drug-likeness (QED) is 0.171. The zero-order valence-electron chi connectivity index (χ0n) is 30.9. The van der Waals surface area contributed by atoms with Crippen LogP contribution in [0.4, 0.5) is 0 Å². The SMILES string of the molecule is c1ccc(-c2ccc3cc(-c4nc(-c5ccc(-c6ccccc6)c(-n6c7ccccc7c7ccccc76)c5)nc(-c5ccc6ccccc6c5)n4)ccc3c2)cc1. The van der Waals surface area contributed by atoms with Crippen LogP contribution in [0.1, 0.15) is 0 Å². The first-order valence-electron chi connectivity index (χ1n) is 19.3. The molecule has 0 fully saturated rings.